The van der Waals surface area contributed by atoms with Crippen LogP contribution < -0.4 is 5.73 Å². The van der Waals surface area contributed by atoms with Crippen LogP contribution in [0.4, 0.5) is 13.2 Å². The van der Waals surface area contributed by atoms with Crippen LogP contribution in [0.25, 0.3) is 0 Å². The number of hydrogen-bond donors (Lipinski definition) is 2. The molecule has 3 N–H and O–H groups in total. The summed E-state index contributed by atoms with van der Waals surface area (Å²) in [6, 6.07) is 0.666. The lowest BCUT2D eigenvalue weighted by atomic mass is 10.1. The van der Waals surface area contributed by atoms with Crippen LogP contribution in [-0.4, -0.2) is 27.6 Å². The number of carboxylic acid groups (broad SMARTS) is 1. The molecule has 0 aliphatic carbocycles. The number of aliphatic carboxylic acids is 1. The van der Waals surface area contributed by atoms with Crippen molar-refractivity contribution in [1.82, 2.24) is 9.97 Å². The summed E-state index contributed by atoms with van der Waals surface area (Å²) in [6.45, 7) is -0.364. The van der Waals surface area contributed by atoms with Crippen molar-refractivity contribution < 1.29 is 23.1 Å². The first-order chi connectivity index (χ1) is 7.36. The molecule has 1 heterocycles. The summed E-state index contributed by atoms with van der Waals surface area (Å²) >= 11 is 0. The van der Waals surface area contributed by atoms with Gasteiger partial charge in [-0.3, -0.25) is 4.79 Å². The Hall–Kier alpha value is -1.70. The smallest absolute Gasteiger partial charge is 0.433 e. The van der Waals surface area contributed by atoms with E-state index < -0.39 is 29.6 Å². The van der Waals surface area contributed by atoms with Gasteiger partial charge >= 0.3 is 12.1 Å². The Bertz CT molecular complexity index is 394. The standard InChI is InChI=1S/C8H8F3N3O2/c9-8(10,11)5-1-2-13-6(14-5)4(3-12)7(15)16/h1-2,4H,3,12H2,(H,15,16). The van der Waals surface area contributed by atoms with Crippen molar-refractivity contribution >= 4 is 5.97 Å². The molecule has 5 nitrogen and oxygen atoms in total. The second-order valence-electron chi connectivity index (χ2n) is 2.92. The van der Waals surface area contributed by atoms with Crippen molar-refractivity contribution in [3.8, 4) is 0 Å². The fourth-order valence-corrected chi connectivity index (χ4v) is 1.02. The molecule has 0 saturated carbocycles. The molecule has 0 fully saturated rings. The van der Waals surface area contributed by atoms with E-state index in [4.69, 9.17) is 10.8 Å². The van der Waals surface area contributed by atoms with Crippen molar-refractivity contribution in [2.45, 2.75) is 12.1 Å². The number of rotatable bonds is 3. The van der Waals surface area contributed by atoms with E-state index in [9.17, 15) is 18.0 Å². The first-order valence-corrected chi connectivity index (χ1v) is 4.19. The summed E-state index contributed by atoms with van der Waals surface area (Å²) in [6.07, 6.45) is -3.77. The van der Waals surface area contributed by atoms with Crippen LogP contribution in [0.2, 0.25) is 0 Å². The number of hydrogen-bond acceptors (Lipinski definition) is 4. The van der Waals surface area contributed by atoms with E-state index in [1.54, 1.807) is 0 Å². The van der Waals surface area contributed by atoms with Crippen LogP contribution in [0.15, 0.2) is 12.3 Å². The molecule has 1 atom stereocenters. The third kappa shape index (κ3) is 2.66. The number of aromatic nitrogens is 2. The van der Waals surface area contributed by atoms with Crippen molar-refractivity contribution in [3.63, 3.8) is 0 Å². The molecular weight excluding hydrogens is 227 g/mol. The van der Waals surface area contributed by atoms with Gasteiger partial charge in [0.15, 0.2) is 0 Å². The van der Waals surface area contributed by atoms with Crippen LogP contribution in [0.1, 0.15) is 17.4 Å². The van der Waals surface area contributed by atoms with Crippen LogP contribution in [0, 0.1) is 0 Å². The van der Waals surface area contributed by atoms with Gasteiger partial charge in [-0.05, 0) is 6.07 Å². The lowest BCUT2D eigenvalue weighted by Crippen LogP contribution is -2.24. The Balaban J connectivity index is 3.11. The summed E-state index contributed by atoms with van der Waals surface area (Å²) in [5.74, 6) is -3.13. The summed E-state index contributed by atoms with van der Waals surface area (Å²) < 4.78 is 36.8. The zero-order chi connectivity index (χ0) is 12.3. The third-order valence-electron chi connectivity index (χ3n) is 1.81. The summed E-state index contributed by atoms with van der Waals surface area (Å²) in [5.41, 5.74) is 3.94. The Kier molecular flexibility index (Phi) is 3.43. The summed E-state index contributed by atoms with van der Waals surface area (Å²) in [5, 5.41) is 8.68. The highest BCUT2D eigenvalue weighted by molar-refractivity contribution is 5.75. The minimum atomic E-state index is -4.63. The second-order valence-corrected chi connectivity index (χ2v) is 2.92. The largest absolute Gasteiger partial charge is 0.481 e. The highest BCUT2D eigenvalue weighted by Crippen LogP contribution is 2.27. The zero-order valence-electron chi connectivity index (χ0n) is 7.90. The SMILES string of the molecule is NCC(C(=O)O)c1nccc(C(F)(F)F)n1. The third-order valence-corrected chi connectivity index (χ3v) is 1.81. The Morgan fingerprint density at radius 2 is 2.19 bits per heavy atom. The van der Waals surface area contributed by atoms with Gasteiger partial charge in [-0.25, -0.2) is 9.97 Å². The Morgan fingerprint density at radius 3 is 2.62 bits per heavy atom. The maximum absolute atomic E-state index is 12.3. The topological polar surface area (TPSA) is 89.1 Å². The second kappa shape index (κ2) is 4.44. The Labute approximate surface area is 88.1 Å². The molecule has 1 aromatic rings. The molecule has 0 spiro atoms. The molecule has 1 unspecified atom stereocenters. The number of alkyl halides is 3. The van der Waals surface area contributed by atoms with E-state index >= 15 is 0 Å². The van der Waals surface area contributed by atoms with E-state index in [2.05, 4.69) is 9.97 Å². The van der Waals surface area contributed by atoms with Gasteiger partial charge in [-0.2, -0.15) is 13.2 Å². The van der Waals surface area contributed by atoms with Crippen LogP contribution >= 0.6 is 0 Å². The van der Waals surface area contributed by atoms with Gasteiger partial charge in [-0.1, -0.05) is 0 Å². The summed E-state index contributed by atoms with van der Waals surface area (Å²) in [4.78, 5) is 17.3. The van der Waals surface area contributed by atoms with E-state index in [0.717, 1.165) is 6.20 Å². The average molecular weight is 235 g/mol. The van der Waals surface area contributed by atoms with Gasteiger partial charge in [-0.15, -0.1) is 0 Å². The van der Waals surface area contributed by atoms with Gasteiger partial charge in [0.1, 0.15) is 17.4 Å². The van der Waals surface area contributed by atoms with Crippen molar-refractivity contribution in [1.29, 1.82) is 0 Å². The maximum atomic E-state index is 12.3. The molecule has 0 aliphatic rings. The number of carbonyl (C=O) groups is 1. The van der Waals surface area contributed by atoms with Crippen molar-refractivity contribution in [2.24, 2.45) is 5.73 Å². The summed E-state index contributed by atoms with van der Waals surface area (Å²) in [7, 11) is 0. The molecule has 0 amide bonds. The first kappa shape index (κ1) is 12.4. The van der Waals surface area contributed by atoms with E-state index in [1.165, 1.54) is 0 Å². The normalized spacial score (nSPS) is 13.5. The van der Waals surface area contributed by atoms with E-state index in [-0.39, 0.29) is 6.54 Å². The van der Waals surface area contributed by atoms with Gasteiger partial charge in [0.25, 0.3) is 0 Å². The number of nitrogens with zero attached hydrogens (tertiary/aromatic N) is 2. The predicted octanol–water partition coefficient (Wildman–Crippen LogP) is 0.622. The predicted molar refractivity (Wildman–Crippen MR) is 46.5 cm³/mol. The molecule has 1 rings (SSSR count). The average Bonchev–Trinajstić information content (AvgIpc) is 2.17. The van der Waals surface area contributed by atoms with Gasteiger partial charge in [0.2, 0.25) is 0 Å². The van der Waals surface area contributed by atoms with Gasteiger partial charge in [0, 0.05) is 12.7 Å². The number of carboxylic acids is 1. The van der Waals surface area contributed by atoms with Crippen LogP contribution in [0.3, 0.4) is 0 Å². The molecule has 1 aromatic heterocycles. The van der Waals surface area contributed by atoms with Gasteiger partial charge in [0.05, 0.1) is 0 Å². The van der Waals surface area contributed by atoms with Crippen LogP contribution in [0.5, 0.6) is 0 Å². The molecule has 16 heavy (non-hydrogen) atoms. The maximum Gasteiger partial charge on any atom is 0.433 e. The van der Waals surface area contributed by atoms with E-state index in [0.29, 0.717) is 6.07 Å². The molecular formula is C8H8F3N3O2. The number of nitrogens with two attached hydrogens (primary N) is 1. The van der Waals surface area contributed by atoms with Crippen molar-refractivity contribution in [2.75, 3.05) is 6.54 Å². The zero-order valence-corrected chi connectivity index (χ0v) is 7.90. The van der Waals surface area contributed by atoms with Crippen LogP contribution in [-0.2, 0) is 11.0 Å². The molecule has 0 aromatic carbocycles. The fourth-order valence-electron chi connectivity index (χ4n) is 1.02. The first-order valence-electron chi connectivity index (χ1n) is 4.19. The highest BCUT2D eigenvalue weighted by atomic mass is 19.4. The highest BCUT2D eigenvalue weighted by Gasteiger charge is 2.34. The van der Waals surface area contributed by atoms with Crippen molar-refractivity contribution in [3.05, 3.63) is 23.8 Å². The molecule has 88 valence electrons. The lowest BCUT2D eigenvalue weighted by molar-refractivity contribution is -0.143. The fraction of sp³-hybridized carbons (Fsp3) is 0.375. The molecule has 8 heteroatoms. The van der Waals surface area contributed by atoms with Gasteiger partial charge < -0.3 is 10.8 Å². The monoisotopic (exact) mass is 235 g/mol. The molecule has 0 radical (unpaired) electrons. The molecule has 0 aliphatic heterocycles. The number of halogens is 3. The molecule has 0 bridgehead atoms. The minimum Gasteiger partial charge on any atom is -0.481 e. The quantitative estimate of drug-likeness (QED) is 0.801. The minimum absolute atomic E-state index is 0.364. The Morgan fingerprint density at radius 1 is 1.56 bits per heavy atom. The van der Waals surface area contributed by atoms with E-state index in [1.807, 2.05) is 0 Å². The molecule has 0 saturated heterocycles. The lowest BCUT2D eigenvalue weighted by Gasteiger charge is -2.10.